The summed E-state index contributed by atoms with van der Waals surface area (Å²) in [6.45, 7) is 1.03. The van der Waals surface area contributed by atoms with E-state index >= 15 is 0 Å². The van der Waals surface area contributed by atoms with Crippen LogP contribution in [0.15, 0.2) is 24.7 Å². The molecule has 0 spiro atoms. The minimum atomic E-state index is -4.40. The zero-order valence-corrected chi connectivity index (χ0v) is 25.7. The van der Waals surface area contributed by atoms with Crippen molar-refractivity contribution >= 4 is 17.5 Å². The Morgan fingerprint density at radius 2 is 1.64 bits per heavy atom. The summed E-state index contributed by atoms with van der Waals surface area (Å²) < 4.78 is 95.6. The van der Waals surface area contributed by atoms with Crippen molar-refractivity contribution in [2.45, 2.75) is 108 Å². The Balaban J connectivity index is 1.22. The highest BCUT2D eigenvalue weighted by molar-refractivity contribution is 5.95. The van der Waals surface area contributed by atoms with Crippen LogP contribution >= 0.6 is 0 Å². The van der Waals surface area contributed by atoms with Crippen LogP contribution in [0, 0.1) is 24.7 Å². The van der Waals surface area contributed by atoms with Crippen LogP contribution in [-0.2, 0) is 11.3 Å². The maximum Gasteiger partial charge on any atom is 0.390 e. The second-order valence-corrected chi connectivity index (χ2v) is 13.4. The molecule has 3 saturated carbocycles. The molecule has 0 aliphatic heterocycles. The van der Waals surface area contributed by atoms with Crippen LogP contribution in [0.3, 0.4) is 0 Å². The standard InChI is InChI=1S/C31H36F7N7O2/c1-17-22(15-40-44(17)9-8-31(36,37)38)28(47)43-27(20-4-6-29(32,33)7-5-20)23-16-45-24(41-23)11-21(14-39-45)26(19-2-3-19)42-25(46)10-18-12-30(34,35)13-18/h11,14-16,18-20,26-27H,2-10,12-13H2,1H3,(H,42,46)(H,43,47)/t26?,27-/m0/s1. The molecule has 3 aromatic heterocycles. The first kappa shape index (κ1) is 33.2. The fraction of sp³-hybridized carbons (Fsp3) is 0.645. The topological polar surface area (TPSA) is 106 Å². The number of aryl methyl sites for hydroxylation is 1. The Hall–Kier alpha value is -3.72. The molecule has 47 heavy (non-hydrogen) atoms. The van der Waals surface area contributed by atoms with Gasteiger partial charge in [-0.15, -0.1) is 0 Å². The van der Waals surface area contributed by atoms with Crippen LogP contribution in [-0.4, -0.2) is 54.2 Å². The number of hydrogen-bond acceptors (Lipinski definition) is 5. The van der Waals surface area contributed by atoms with Crippen LogP contribution in [0.5, 0.6) is 0 Å². The number of carbonyl (C=O) groups excluding carboxylic acids is 2. The van der Waals surface area contributed by atoms with Gasteiger partial charge in [-0.2, -0.15) is 23.4 Å². The van der Waals surface area contributed by atoms with E-state index in [1.165, 1.54) is 17.6 Å². The lowest BCUT2D eigenvalue weighted by Crippen LogP contribution is -2.39. The number of halogens is 7. The largest absolute Gasteiger partial charge is 0.390 e. The second kappa shape index (κ2) is 12.4. The molecule has 2 amide bonds. The third-order valence-electron chi connectivity index (χ3n) is 9.57. The first-order chi connectivity index (χ1) is 22.1. The van der Waals surface area contributed by atoms with Crippen LogP contribution in [0.4, 0.5) is 30.7 Å². The van der Waals surface area contributed by atoms with E-state index in [2.05, 4.69) is 20.8 Å². The van der Waals surface area contributed by atoms with Crippen molar-refractivity contribution in [2.75, 3.05) is 0 Å². The molecule has 3 fully saturated rings. The lowest BCUT2D eigenvalue weighted by atomic mass is 9.79. The van der Waals surface area contributed by atoms with Crippen molar-refractivity contribution < 1.29 is 40.3 Å². The molecule has 3 aliphatic carbocycles. The maximum atomic E-state index is 14.1. The molecule has 6 rings (SSSR count). The normalized spacial score (nSPS) is 21.3. The van der Waals surface area contributed by atoms with Gasteiger partial charge in [0.25, 0.3) is 5.91 Å². The Morgan fingerprint density at radius 1 is 0.957 bits per heavy atom. The molecule has 3 aromatic rings. The summed E-state index contributed by atoms with van der Waals surface area (Å²) in [5, 5.41) is 14.3. The summed E-state index contributed by atoms with van der Waals surface area (Å²) in [5.74, 6) is -7.04. The molecule has 2 atom stereocenters. The molecular formula is C31H36F7N7O2. The zero-order valence-electron chi connectivity index (χ0n) is 25.7. The number of imidazole rings is 1. The average Bonchev–Trinajstić information content (AvgIpc) is 3.61. The lowest BCUT2D eigenvalue weighted by molar-refractivity contribution is -0.137. The number of aromatic nitrogens is 5. The van der Waals surface area contributed by atoms with Gasteiger partial charge in [0.2, 0.25) is 17.8 Å². The van der Waals surface area contributed by atoms with Crippen LogP contribution in [0.25, 0.3) is 5.65 Å². The van der Waals surface area contributed by atoms with E-state index in [-0.39, 0.29) is 80.0 Å². The minimum absolute atomic E-state index is 0.0184. The lowest BCUT2D eigenvalue weighted by Gasteiger charge is -2.34. The fourth-order valence-corrected chi connectivity index (χ4v) is 6.73. The third kappa shape index (κ3) is 7.88. The Labute approximate surface area is 265 Å². The van der Waals surface area contributed by atoms with Gasteiger partial charge in [0.1, 0.15) is 0 Å². The van der Waals surface area contributed by atoms with Gasteiger partial charge in [-0.05, 0) is 62.0 Å². The third-order valence-corrected chi connectivity index (χ3v) is 9.57. The fourth-order valence-electron chi connectivity index (χ4n) is 6.73. The number of rotatable bonds is 11. The first-order valence-corrected chi connectivity index (χ1v) is 15.9. The highest BCUT2D eigenvalue weighted by Crippen LogP contribution is 2.45. The van der Waals surface area contributed by atoms with E-state index in [0.29, 0.717) is 16.9 Å². The van der Waals surface area contributed by atoms with Gasteiger partial charge >= 0.3 is 6.18 Å². The van der Waals surface area contributed by atoms with E-state index in [1.54, 1.807) is 18.5 Å². The van der Waals surface area contributed by atoms with Crippen molar-refractivity contribution in [3.05, 3.63) is 47.2 Å². The highest BCUT2D eigenvalue weighted by atomic mass is 19.4. The van der Waals surface area contributed by atoms with Crippen LogP contribution in [0.1, 0.15) is 104 Å². The van der Waals surface area contributed by atoms with Gasteiger partial charge in [-0.1, -0.05) is 0 Å². The van der Waals surface area contributed by atoms with Gasteiger partial charge < -0.3 is 10.6 Å². The van der Waals surface area contributed by atoms with Crippen molar-refractivity contribution in [3.8, 4) is 0 Å². The predicted octanol–water partition coefficient (Wildman–Crippen LogP) is 6.49. The van der Waals surface area contributed by atoms with Crippen molar-refractivity contribution in [1.29, 1.82) is 0 Å². The molecule has 0 bridgehead atoms. The Bertz CT molecular complexity index is 1610. The molecule has 0 saturated heterocycles. The molecule has 256 valence electrons. The number of amides is 2. The number of nitrogens with one attached hydrogen (secondary N) is 2. The minimum Gasteiger partial charge on any atom is -0.349 e. The molecule has 2 N–H and O–H groups in total. The number of fused-ring (bicyclic) bond motifs is 1. The number of nitrogens with zero attached hydrogens (tertiary/aromatic N) is 5. The van der Waals surface area contributed by atoms with Gasteiger partial charge in [0.05, 0.1) is 48.4 Å². The van der Waals surface area contributed by atoms with E-state index in [1.807, 2.05) is 0 Å². The summed E-state index contributed by atoms with van der Waals surface area (Å²) in [7, 11) is 0. The monoisotopic (exact) mass is 671 g/mol. The summed E-state index contributed by atoms with van der Waals surface area (Å²) in [4.78, 5) is 30.9. The average molecular weight is 672 g/mol. The van der Waals surface area contributed by atoms with Crippen LogP contribution < -0.4 is 10.6 Å². The molecule has 0 radical (unpaired) electrons. The second-order valence-electron chi connectivity index (χ2n) is 13.4. The van der Waals surface area contributed by atoms with Gasteiger partial charge in [0, 0.05) is 44.3 Å². The van der Waals surface area contributed by atoms with Crippen molar-refractivity contribution in [1.82, 2.24) is 35.0 Å². The Kier molecular flexibility index (Phi) is 8.74. The molecule has 1 unspecified atom stereocenters. The summed E-state index contributed by atoms with van der Waals surface area (Å²) in [6, 6.07) is 0.565. The zero-order chi connectivity index (χ0) is 33.7. The number of carbonyl (C=O) groups is 2. The SMILES string of the molecule is Cc1c(C(=O)N[C@H](c2cn3ncc(C(NC(=O)CC4CC(F)(F)C4)C4CC4)cc3n2)C2CCC(F)(F)CC2)cnn1CCC(F)(F)F. The Morgan fingerprint density at radius 3 is 2.28 bits per heavy atom. The van der Waals surface area contributed by atoms with Crippen molar-refractivity contribution in [2.24, 2.45) is 17.8 Å². The van der Waals surface area contributed by atoms with E-state index in [0.717, 1.165) is 17.5 Å². The molecule has 9 nitrogen and oxygen atoms in total. The van der Waals surface area contributed by atoms with Gasteiger partial charge in [-0.3, -0.25) is 14.3 Å². The molecule has 0 aromatic carbocycles. The first-order valence-electron chi connectivity index (χ1n) is 15.9. The van der Waals surface area contributed by atoms with Gasteiger partial charge in [-0.25, -0.2) is 27.1 Å². The molecule has 16 heteroatoms. The summed E-state index contributed by atoms with van der Waals surface area (Å²) >= 11 is 0. The quantitative estimate of drug-likeness (QED) is 0.227. The maximum absolute atomic E-state index is 14.1. The predicted molar refractivity (Wildman–Crippen MR) is 154 cm³/mol. The summed E-state index contributed by atoms with van der Waals surface area (Å²) in [6.07, 6.45) is -0.469. The van der Waals surface area contributed by atoms with Crippen molar-refractivity contribution in [3.63, 3.8) is 0 Å². The molecular weight excluding hydrogens is 635 g/mol. The highest BCUT2D eigenvalue weighted by Gasteiger charge is 2.46. The number of hydrogen-bond donors (Lipinski definition) is 2. The number of alkyl halides is 7. The smallest absolute Gasteiger partial charge is 0.349 e. The van der Waals surface area contributed by atoms with Crippen LogP contribution in [0.2, 0.25) is 0 Å². The van der Waals surface area contributed by atoms with E-state index in [9.17, 15) is 40.3 Å². The summed E-state index contributed by atoms with van der Waals surface area (Å²) in [5.41, 5.74) is 1.76. The van der Waals surface area contributed by atoms with E-state index in [4.69, 9.17) is 4.98 Å². The van der Waals surface area contributed by atoms with E-state index < -0.39 is 48.9 Å². The molecule has 3 aliphatic rings. The van der Waals surface area contributed by atoms with Gasteiger partial charge in [0.15, 0.2) is 5.65 Å². The molecule has 3 heterocycles.